The number of anilines is 1. The molecule has 5 nitrogen and oxygen atoms in total. The van der Waals surface area contributed by atoms with Gasteiger partial charge in [-0.05, 0) is 55.0 Å². The first-order chi connectivity index (χ1) is 14.2. The van der Waals surface area contributed by atoms with Crippen molar-refractivity contribution in [3.63, 3.8) is 0 Å². The highest BCUT2D eigenvalue weighted by atomic mass is 35.5. The molecule has 0 saturated heterocycles. The normalized spacial score (nSPS) is 11.2. The molecule has 0 saturated carbocycles. The Labute approximate surface area is 182 Å². The fourth-order valence-corrected chi connectivity index (χ4v) is 4.50. The molecule has 0 heterocycles. The van der Waals surface area contributed by atoms with Gasteiger partial charge in [0.25, 0.3) is 15.9 Å². The summed E-state index contributed by atoms with van der Waals surface area (Å²) in [5.41, 5.74) is 2.79. The molecule has 0 aliphatic carbocycles. The number of amides is 1. The van der Waals surface area contributed by atoms with Gasteiger partial charge >= 0.3 is 0 Å². The number of rotatable bonds is 6. The third-order valence-electron chi connectivity index (χ3n) is 4.79. The molecule has 0 aliphatic heterocycles. The van der Waals surface area contributed by atoms with Crippen molar-refractivity contribution in [2.24, 2.45) is 0 Å². The summed E-state index contributed by atoms with van der Waals surface area (Å²) in [5, 5.41) is 0.598. The van der Waals surface area contributed by atoms with Crippen LogP contribution in [0.25, 0.3) is 0 Å². The average Bonchev–Trinajstić information content (AvgIpc) is 2.73. The molecule has 0 unspecified atom stereocenters. The first-order valence-electron chi connectivity index (χ1n) is 9.34. The molecule has 0 spiro atoms. The zero-order valence-electron chi connectivity index (χ0n) is 17.0. The van der Waals surface area contributed by atoms with Gasteiger partial charge in [0.1, 0.15) is 0 Å². The minimum absolute atomic E-state index is 0.0626. The van der Waals surface area contributed by atoms with E-state index in [4.69, 9.17) is 11.6 Å². The lowest BCUT2D eigenvalue weighted by molar-refractivity contribution is 0.0785. The zero-order chi connectivity index (χ0) is 21.9. The lowest BCUT2D eigenvalue weighted by Gasteiger charge is -2.21. The van der Waals surface area contributed by atoms with Crippen LogP contribution in [-0.4, -0.2) is 33.3 Å². The van der Waals surface area contributed by atoms with E-state index in [1.807, 2.05) is 31.2 Å². The fourth-order valence-electron chi connectivity index (χ4n) is 3.04. The maximum absolute atomic E-state index is 13.1. The number of aryl methyl sites for hydroxylation is 1. The molecule has 0 N–H and O–H groups in total. The molecule has 0 bridgehead atoms. The van der Waals surface area contributed by atoms with Gasteiger partial charge in [0.2, 0.25) is 0 Å². The standard InChI is InChI=1S/C23H23ClN2O3S/c1-17-10-12-21(13-11-17)26(3)30(28,29)22-9-5-7-19(15-22)23(27)25(2)16-18-6-4-8-20(24)14-18/h4-15H,16H2,1-3H3. The monoisotopic (exact) mass is 442 g/mol. The van der Waals surface area contributed by atoms with E-state index >= 15 is 0 Å². The van der Waals surface area contributed by atoms with Crippen LogP contribution in [-0.2, 0) is 16.6 Å². The summed E-state index contributed by atoms with van der Waals surface area (Å²) in [6, 6.07) is 20.6. The van der Waals surface area contributed by atoms with Crippen LogP contribution in [0.3, 0.4) is 0 Å². The quantitative estimate of drug-likeness (QED) is 0.553. The van der Waals surface area contributed by atoms with E-state index in [9.17, 15) is 13.2 Å². The number of halogens is 1. The van der Waals surface area contributed by atoms with Gasteiger partial charge in [-0.25, -0.2) is 8.42 Å². The summed E-state index contributed by atoms with van der Waals surface area (Å²) < 4.78 is 27.4. The van der Waals surface area contributed by atoms with Crippen LogP contribution in [0.15, 0.2) is 77.7 Å². The van der Waals surface area contributed by atoms with Crippen LogP contribution in [0.4, 0.5) is 5.69 Å². The molecule has 0 fully saturated rings. The molecule has 0 radical (unpaired) electrons. The van der Waals surface area contributed by atoms with Gasteiger partial charge in [0.15, 0.2) is 0 Å². The predicted octanol–water partition coefficient (Wildman–Crippen LogP) is 4.75. The first-order valence-corrected chi connectivity index (χ1v) is 11.2. The Morgan fingerprint density at radius 3 is 2.27 bits per heavy atom. The molecule has 156 valence electrons. The Kier molecular flexibility index (Phi) is 6.48. The minimum atomic E-state index is -3.81. The van der Waals surface area contributed by atoms with Crippen LogP contribution in [0.1, 0.15) is 21.5 Å². The van der Waals surface area contributed by atoms with E-state index < -0.39 is 10.0 Å². The van der Waals surface area contributed by atoms with Crippen molar-refractivity contribution < 1.29 is 13.2 Å². The number of carbonyl (C=O) groups excluding carboxylic acids is 1. The van der Waals surface area contributed by atoms with E-state index in [1.54, 1.807) is 43.4 Å². The Morgan fingerprint density at radius 1 is 0.933 bits per heavy atom. The number of benzene rings is 3. The van der Waals surface area contributed by atoms with Crippen molar-refractivity contribution in [2.45, 2.75) is 18.4 Å². The second-order valence-electron chi connectivity index (χ2n) is 7.13. The molecule has 3 aromatic carbocycles. The third-order valence-corrected chi connectivity index (χ3v) is 6.81. The second kappa shape index (κ2) is 8.90. The molecule has 30 heavy (non-hydrogen) atoms. The van der Waals surface area contributed by atoms with Crippen LogP contribution in [0.2, 0.25) is 5.02 Å². The maximum atomic E-state index is 13.1. The topological polar surface area (TPSA) is 57.7 Å². The fraction of sp³-hybridized carbons (Fsp3) is 0.174. The maximum Gasteiger partial charge on any atom is 0.264 e. The van der Waals surface area contributed by atoms with Crippen molar-refractivity contribution in [1.29, 1.82) is 0 Å². The highest BCUT2D eigenvalue weighted by Crippen LogP contribution is 2.23. The zero-order valence-corrected chi connectivity index (χ0v) is 18.6. The largest absolute Gasteiger partial charge is 0.337 e. The molecular formula is C23H23ClN2O3S. The van der Waals surface area contributed by atoms with Gasteiger partial charge in [-0.3, -0.25) is 9.10 Å². The van der Waals surface area contributed by atoms with Crippen LogP contribution < -0.4 is 4.31 Å². The first kappa shape index (κ1) is 21.9. The van der Waals surface area contributed by atoms with Gasteiger partial charge < -0.3 is 4.90 Å². The van der Waals surface area contributed by atoms with Crippen molar-refractivity contribution in [2.75, 3.05) is 18.4 Å². The van der Waals surface area contributed by atoms with Gasteiger partial charge in [0, 0.05) is 31.2 Å². The average molecular weight is 443 g/mol. The molecule has 3 rings (SSSR count). The molecule has 7 heteroatoms. The highest BCUT2D eigenvalue weighted by molar-refractivity contribution is 7.92. The number of hydrogen-bond donors (Lipinski definition) is 0. The molecule has 1 amide bonds. The van der Waals surface area contributed by atoms with Gasteiger partial charge in [-0.15, -0.1) is 0 Å². The van der Waals surface area contributed by atoms with Crippen molar-refractivity contribution in [1.82, 2.24) is 4.90 Å². The Balaban J connectivity index is 1.83. The van der Waals surface area contributed by atoms with Gasteiger partial charge in [-0.1, -0.05) is 47.5 Å². The summed E-state index contributed by atoms with van der Waals surface area (Å²) >= 11 is 6.01. The van der Waals surface area contributed by atoms with Crippen LogP contribution >= 0.6 is 11.6 Å². The number of nitrogens with zero attached hydrogens (tertiary/aromatic N) is 2. The number of carbonyl (C=O) groups is 1. The third kappa shape index (κ3) is 4.83. The van der Waals surface area contributed by atoms with Crippen LogP contribution in [0.5, 0.6) is 0 Å². The minimum Gasteiger partial charge on any atom is -0.337 e. The van der Waals surface area contributed by atoms with E-state index in [1.165, 1.54) is 28.4 Å². The Bertz CT molecular complexity index is 1160. The lowest BCUT2D eigenvalue weighted by atomic mass is 10.1. The molecule has 0 atom stereocenters. The molecule has 0 aliphatic rings. The molecule has 0 aromatic heterocycles. The van der Waals surface area contributed by atoms with E-state index in [0.29, 0.717) is 22.8 Å². The number of hydrogen-bond acceptors (Lipinski definition) is 3. The number of sulfonamides is 1. The highest BCUT2D eigenvalue weighted by Gasteiger charge is 2.23. The molecular weight excluding hydrogens is 420 g/mol. The SMILES string of the molecule is Cc1ccc(N(C)S(=O)(=O)c2cccc(C(=O)N(C)Cc3cccc(Cl)c3)c2)cc1. The second-order valence-corrected chi connectivity index (χ2v) is 9.53. The van der Waals surface area contributed by atoms with Crippen molar-refractivity contribution in [3.8, 4) is 0 Å². The smallest absolute Gasteiger partial charge is 0.264 e. The van der Waals surface area contributed by atoms with E-state index in [2.05, 4.69) is 0 Å². The predicted molar refractivity (Wildman–Crippen MR) is 120 cm³/mol. The van der Waals surface area contributed by atoms with Crippen molar-refractivity contribution in [3.05, 3.63) is 94.5 Å². The van der Waals surface area contributed by atoms with Gasteiger partial charge in [0.05, 0.1) is 10.6 Å². The lowest BCUT2D eigenvalue weighted by Crippen LogP contribution is -2.28. The summed E-state index contributed by atoms with van der Waals surface area (Å²) in [7, 11) is -0.637. The van der Waals surface area contributed by atoms with Crippen LogP contribution in [0, 0.1) is 6.92 Å². The Hall–Kier alpha value is -2.83. The summed E-state index contributed by atoms with van der Waals surface area (Å²) in [4.78, 5) is 14.5. The van der Waals surface area contributed by atoms with E-state index in [-0.39, 0.29) is 10.8 Å². The van der Waals surface area contributed by atoms with Crippen molar-refractivity contribution >= 4 is 33.2 Å². The van der Waals surface area contributed by atoms with Gasteiger partial charge in [-0.2, -0.15) is 0 Å². The van der Waals surface area contributed by atoms with E-state index in [0.717, 1.165) is 11.1 Å². The summed E-state index contributed by atoms with van der Waals surface area (Å²) in [6.07, 6.45) is 0. The molecule has 3 aromatic rings. The summed E-state index contributed by atoms with van der Waals surface area (Å²) in [5.74, 6) is -0.273. The Morgan fingerprint density at radius 2 is 1.60 bits per heavy atom. The summed E-state index contributed by atoms with van der Waals surface area (Å²) in [6.45, 7) is 2.30.